The SMILES string of the molecule is Cl.N=C(N)c1ccc(C2CCN(C(=O)NC3CCC(C(=O)OCC(=O)N4CCOCC4)CC3)CC2)cc1. The molecule has 1 aromatic carbocycles. The molecular weight excluding hydrogens is 498 g/mol. The molecule has 4 N–H and O–H groups in total. The van der Waals surface area contributed by atoms with Crippen molar-refractivity contribution in [2.75, 3.05) is 46.0 Å². The van der Waals surface area contributed by atoms with Gasteiger partial charge in [0.1, 0.15) is 5.84 Å². The lowest BCUT2D eigenvalue weighted by atomic mass is 9.86. The van der Waals surface area contributed by atoms with E-state index >= 15 is 0 Å². The van der Waals surface area contributed by atoms with Gasteiger partial charge in [-0.15, -0.1) is 12.4 Å². The quantitative estimate of drug-likeness (QED) is 0.290. The van der Waals surface area contributed by atoms with Gasteiger partial charge >= 0.3 is 12.0 Å². The van der Waals surface area contributed by atoms with Crippen molar-refractivity contribution in [3.63, 3.8) is 0 Å². The van der Waals surface area contributed by atoms with E-state index in [-0.39, 0.29) is 54.7 Å². The zero-order valence-electron chi connectivity index (χ0n) is 21.2. The normalized spacial score (nSPS) is 22.5. The number of amidine groups is 1. The molecule has 3 amide bonds. The van der Waals surface area contributed by atoms with Crippen LogP contribution in [-0.2, 0) is 19.1 Å². The summed E-state index contributed by atoms with van der Waals surface area (Å²) in [4.78, 5) is 41.0. The first-order chi connectivity index (χ1) is 17.4. The molecule has 1 saturated carbocycles. The van der Waals surface area contributed by atoms with Crippen LogP contribution in [0.3, 0.4) is 0 Å². The highest BCUT2D eigenvalue weighted by molar-refractivity contribution is 5.94. The van der Waals surface area contributed by atoms with Gasteiger partial charge in [-0.25, -0.2) is 4.79 Å². The minimum Gasteiger partial charge on any atom is -0.455 e. The van der Waals surface area contributed by atoms with E-state index < -0.39 is 0 Å². The molecule has 2 heterocycles. The first-order valence-corrected chi connectivity index (χ1v) is 12.9. The molecule has 0 atom stereocenters. The van der Waals surface area contributed by atoms with E-state index in [1.165, 1.54) is 5.56 Å². The van der Waals surface area contributed by atoms with Gasteiger partial charge in [-0.1, -0.05) is 24.3 Å². The molecule has 37 heavy (non-hydrogen) atoms. The van der Waals surface area contributed by atoms with Crippen LogP contribution in [0.4, 0.5) is 4.79 Å². The molecule has 204 valence electrons. The minimum absolute atomic E-state index is 0. The van der Waals surface area contributed by atoms with Gasteiger partial charge in [0.2, 0.25) is 0 Å². The first-order valence-electron chi connectivity index (χ1n) is 12.9. The van der Waals surface area contributed by atoms with Gasteiger partial charge in [0.25, 0.3) is 5.91 Å². The van der Waals surface area contributed by atoms with Crippen LogP contribution in [0.1, 0.15) is 55.6 Å². The molecule has 1 aromatic rings. The number of halogens is 1. The van der Waals surface area contributed by atoms with Crippen molar-refractivity contribution in [1.82, 2.24) is 15.1 Å². The van der Waals surface area contributed by atoms with E-state index in [9.17, 15) is 14.4 Å². The Labute approximate surface area is 224 Å². The summed E-state index contributed by atoms with van der Waals surface area (Å²) < 4.78 is 10.5. The molecule has 10 nitrogen and oxygen atoms in total. The van der Waals surface area contributed by atoms with Crippen LogP contribution < -0.4 is 11.1 Å². The summed E-state index contributed by atoms with van der Waals surface area (Å²) in [7, 11) is 0. The van der Waals surface area contributed by atoms with Gasteiger partial charge in [0.05, 0.1) is 19.1 Å². The van der Waals surface area contributed by atoms with Crippen molar-refractivity contribution in [3.05, 3.63) is 35.4 Å². The molecule has 0 aromatic heterocycles. The Hall–Kier alpha value is -2.85. The average Bonchev–Trinajstić information content (AvgIpc) is 2.92. The van der Waals surface area contributed by atoms with Gasteiger partial charge in [-0.05, 0) is 50.0 Å². The zero-order valence-corrected chi connectivity index (χ0v) is 22.0. The summed E-state index contributed by atoms with van der Waals surface area (Å²) in [5.41, 5.74) is 7.48. The second-order valence-corrected chi connectivity index (χ2v) is 9.90. The number of nitrogens with one attached hydrogen (secondary N) is 2. The Morgan fingerprint density at radius 3 is 2.16 bits per heavy atom. The van der Waals surface area contributed by atoms with E-state index in [1.807, 2.05) is 29.2 Å². The highest BCUT2D eigenvalue weighted by atomic mass is 35.5. The number of carbonyl (C=O) groups excluding carboxylic acids is 3. The third-order valence-corrected chi connectivity index (χ3v) is 7.57. The summed E-state index contributed by atoms with van der Waals surface area (Å²) in [6.07, 6.45) is 4.54. The number of nitrogens with zero attached hydrogens (tertiary/aromatic N) is 2. The van der Waals surface area contributed by atoms with Crippen molar-refractivity contribution in [2.45, 2.75) is 50.5 Å². The molecule has 11 heteroatoms. The number of hydrogen-bond donors (Lipinski definition) is 3. The number of esters is 1. The van der Waals surface area contributed by atoms with Crippen LogP contribution in [-0.4, -0.2) is 85.6 Å². The van der Waals surface area contributed by atoms with Gasteiger partial charge in [0.15, 0.2) is 6.61 Å². The van der Waals surface area contributed by atoms with E-state index in [4.69, 9.17) is 20.6 Å². The van der Waals surface area contributed by atoms with Crippen molar-refractivity contribution in [2.24, 2.45) is 11.7 Å². The van der Waals surface area contributed by atoms with E-state index in [0.29, 0.717) is 58.2 Å². The molecule has 0 radical (unpaired) electrons. The van der Waals surface area contributed by atoms with Crippen LogP contribution in [0.15, 0.2) is 24.3 Å². The number of piperidine rings is 1. The van der Waals surface area contributed by atoms with Crippen molar-refractivity contribution < 1.29 is 23.9 Å². The third-order valence-electron chi connectivity index (χ3n) is 7.57. The fourth-order valence-electron chi connectivity index (χ4n) is 5.24. The highest BCUT2D eigenvalue weighted by Crippen LogP contribution is 2.29. The largest absolute Gasteiger partial charge is 0.455 e. The van der Waals surface area contributed by atoms with Crippen molar-refractivity contribution in [3.8, 4) is 0 Å². The molecule has 0 bridgehead atoms. The third kappa shape index (κ3) is 7.82. The van der Waals surface area contributed by atoms with Crippen LogP contribution in [0.5, 0.6) is 0 Å². The number of urea groups is 1. The second kappa shape index (κ2) is 13.6. The van der Waals surface area contributed by atoms with E-state index in [1.54, 1.807) is 4.90 Å². The lowest BCUT2D eigenvalue weighted by Gasteiger charge is -2.35. The Kier molecular flexibility index (Phi) is 10.6. The highest BCUT2D eigenvalue weighted by Gasteiger charge is 2.31. The minimum atomic E-state index is -0.320. The number of morpholine rings is 1. The molecule has 2 aliphatic heterocycles. The maximum atomic E-state index is 12.8. The smallest absolute Gasteiger partial charge is 0.317 e. The summed E-state index contributed by atoms with van der Waals surface area (Å²) in [6.45, 7) is 3.28. The van der Waals surface area contributed by atoms with Crippen LogP contribution in [0.2, 0.25) is 0 Å². The van der Waals surface area contributed by atoms with E-state index in [2.05, 4.69) is 5.32 Å². The molecule has 3 fully saturated rings. The van der Waals surface area contributed by atoms with Crippen LogP contribution >= 0.6 is 12.4 Å². The topological polar surface area (TPSA) is 138 Å². The van der Waals surface area contributed by atoms with Crippen LogP contribution in [0, 0.1) is 11.3 Å². The Morgan fingerprint density at radius 2 is 1.57 bits per heavy atom. The standard InChI is InChI=1S/C26H37N5O5.ClH/c27-24(28)20-3-1-18(2-4-20)19-9-11-31(12-10-19)26(34)29-22-7-5-21(6-8-22)25(33)36-17-23(32)30-13-15-35-16-14-30;/h1-4,19,21-22H,5-17H2,(H3,27,28)(H,29,34);1H. The van der Waals surface area contributed by atoms with Gasteiger partial charge < -0.3 is 30.3 Å². The van der Waals surface area contributed by atoms with Crippen molar-refractivity contribution >= 4 is 36.2 Å². The fourth-order valence-corrected chi connectivity index (χ4v) is 5.24. The number of hydrogen-bond acceptors (Lipinski definition) is 6. The Morgan fingerprint density at radius 1 is 0.946 bits per heavy atom. The average molecular weight is 536 g/mol. The zero-order chi connectivity index (χ0) is 25.5. The Bertz CT molecular complexity index is 937. The predicted molar refractivity (Wildman–Crippen MR) is 141 cm³/mol. The molecule has 0 unspecified atom stereocenters. The number of likely N-dealkylation sites (tertiary alicyclic amines) is 1. The summed E-state index contributed by atoms with van der Waals surface area (Å²) >= 11 is 0. The monoisotopic (exact) mass is 535 g/mol. The van der Waals surface area contributed by atoms with Crippen molar-refractivity contribution in [1.29, 1.82) is 5.41 Å². The maximum absolute atomic E-state index is 12.8. The Balaban J connectivity index is 0.00000380. The van der Waals surface area contributed by atoms with E-state index in [0.717, 1.165) is 31.2 Å². The first kappa shape index (κ1) is 28.7. The number of amides is 3. The number of nitrogens with two attached hydrogens (primary N) is 1. The lowest BCUT2D eigenvalue weighted by Crippen LogP contribution is -2.48. The van der Waals surface area contributed by atoms with Crippen LogP contribution in [0.25, 0.3) is 0 Å². The summed E-state index contributed by atoms with van der Waals surface area (Å²) in [5.74, 6) is -0.255. The number of rotatable bonds is 6. The maximum Gasteiger partial charge on any atom is 0.317 e. The number of carbonyl (C=O) groups is 3. The molecule has 4 rings (SSSR count). The van der Waals surface area contributed by atoms with Gasteiger partial charge in [0, 0.05) is 37.8 Å². The summed E-state index contributed by atoms with van der Waals surface area (Å²) in [6, 6.07) is 7.82. The number of nitrogen functional groups attached to an aromatic ring is 1. The molecule has 1 aliphatic carbocycles. The number of ether oxygens (including phenoxy) is 2. The second-order valence-electron chi connectivity index (χ2n) is 9.90. The van der Waals surface area contributed by atoms with Gasteiger partial charge in [-0.3, -0.25) is 15.0 Å². The number of benzene rings is 1. The summed E-state index contributed by atoms with van der Waals surface area (Å²) in [5, 5.41) is 10.7. The molecule has 0 spiro atoms. The molecule has 3 aliphatic rings. The molecule has 2 saturated heterocycles. The van der Waals surface area contributed by atoms with Gasteiger partial charge in [-0.2, -0.15) is 0 Å². The molecular formula is C26H38ClN5O5. The lowest BCUT2D eigenvalue weighted by molar-refractivity contribution is -0.157. The predicted octanol–water partition coefficient (Wildman–Crippen LogP) is 2.24. The fraction of sp³-hybridized carbons (Fsp3) is 0.615.